The highest BCUT2D eigenvalue weighted by Crippen LogP contribution is 2.39. The average Bonchev–Trinajstić information content (AvgIpc) is 3.58. The molecule has 0 saturated heterocycles. The number of amides is 1. The molecule has 0 aliphatic heterocycles. The number of carbonyl (C=O) groups is 1. The number of benzene rings is 4. The van der Waals surface area contributed by atoms with Crippen LogP contribution in [0.4, 0.5) is 18.0 Å². The van der Waals surface area contributed by atoms with Gasteiger partial charge in [0, 0.05) is 25.2 Å². The number of fused-ring (bicyclic) bond motifs is 3. The Morgan fingerprint density at radius 2 is 1.49 bits per heavy atom. The second-order valence-electron chi connectivity index (χ2n) is 13.4. The van der Waals surface area contributed by atoms with Crippen LogP contribution < -0.4 is 0 Å². The highest BCUT2D eigenvalue weighted by molar-refractivity contribution is 7.90. The Kier molecular flexibility index (Phi) is 9.99. The van der Waals surface area contributed by atoms with Crippen LogP contribution in [0.15, 0.2) is 95.9 Å². The van der Waals surface area contributed by atoms with Crippen molar-refractivity contribution in [1.29, 1.82) is 0 Å². The summed E-state index contributed by atoms with van der Waals surface area (Å²) in [5.41, 5.74) is 3.03. The van der Waals surface area contributed by atoms with E-state index in [0.29, 0.717) is 28.1 Å². The first-order valence-corrected chi connectivity index (χ1v) is 18.1. The first-order valence-electron chi connectivity index (χ1n) is 16.7. The molecule has 12 heteroatoms. The number of aryl methyl sites for hydroxylation is 1. The van der Waals surface area contributed by atoms with Crippen LogP contribution in [0.3, 0.4) is 0 Å². The molecule has 6 rings (SSSR count). The van der Waals surface area contributed by atoms with Crippen LogP contribution in [0.1, 0.15) is 43.9 Å². The van der Waals surface area contributed by atoms with Crippen LogP contribution in [0.25, 0.3) is 33.1 Å². The van der Waals surface area contributed by atoms with E-state index < -0.39 is 40.2 Å². The van der Waals surface area contributed by atoms with Gasteiger partial charge in [0.15, 0.2) is 5.82 Å². The van der Waals surface area contributed by atoms with Crippen molar-refractivity contribution in [3.63, 3.8) is 0 Å². The Hall–Kier alpha value is -5.10. The van der Waals surface area contributed by atoms with E-state index in [4.69, 9.17) is 4.74 Å². The van der Waals surface area contributed by atoms with Crippen LogP contribution >= 0.6 is 0 Å². The second-order valence-corrected chi connectivity index (χ2v) is 15.2. The molecule has 0 aliphatic rings. The monoisotopic (exact) mass is 716 g/mol. The summed E-state index contributed by atoms with van der Waals surface area (Å²) in [6.07, 6.45) is 0.225. The smallest absolute Gasteiger partial charge is 0.410 e. The molecular formula is C39H39F3N4O4S. The molecule has 8 nitrogen and oxygen atoms in total. The van der Waals surface area contributed by atoms with Crippen LogP contribution in [0.5, 0.6) is 0 Å². The summed E-state index contributed by atoms with van der Waals surface area (Å²) in [7, 11) is -4.28. The third kappa shape index (κ3) is 7.23. The topological polar surface area (TPSA) is 86.4 Å². The van der Waals surface area contributed by atoms with Crippen molar-refractivity contribution in [2.75, 3.05) is 19.8 Å². The third-order valence-corrected chi connectivity index (χ3v) is 10.3. The van der Waals surface area contributed by atoms with Gasteiger partial charge < -0.3 is 14.2 Å². The minimum absolute atomic E-state index is 0.0649. The summed E-state index contributed by atoms with van der Waals surface area (Å²) < 4.78 is 80.5. The molecule has 0 radical (unpaired) electrons. The molecule has 0 saturated carbocycles. The molecule has 4 aromatic carbocycles. The highest BCUT2D eigenvalue weighted by Gasteiger charge is 2.29. The number of hydrogen-bond donors (Lipinski definition) is 0. The summed E-state index contributed by atoms with van der Waals surface area (Å²) in [5.74, 6) is -1.79. The number of aromatic nitrogens is 3. The van der Waals surface area contributed by atoms with E-state index in [1.54, 1.807) is 61.7 Å². The number of alkyl halides is 1. The fourth-order valence-electron chi connectivity index (χ4n) is 6.21. The fourth-order valence-corrected chi connectivity index (χ4v) is 7.50. The Bertz CT molecular complexity index is 2310. The lowest BCUT2D eigenvalue weighted by atomic mass is 10.0. The molecule has 0 bridgehead atoms. The molecule has 51 heavy (non-hydrogen) atoms. The summed E-state index contributed by atoms with van der Waals surface area (Å²) >= 11 is 0. The van der Waals surface area contributed by atoms with Gasteiger partial charge in [-0.15, -0.1) is 5.10 Å². The molecule has 2 heterocycles. The van der Waals surface area contributed by atoms with E-state index >= 15 is 8.78 Å². The summed E-state index contributed by atoms with van der Waals surface area (Å²) in [6.45, 7) is 7.46. The van der Waals surface area contributed by atoms with E-state index in [1.807, 2.05) is 43.3 Å². The predicted octanol–water partition coefficient (Wildman–Crippen LogP) is 8.67. The number of ether oxygens (including phenoxy) is 1. The van der Waals surface area contributed by atoms with Gasteiger partial charge in [0.2, 0.25) is 5.95 Å². The lowest BCUT2D eigenvalue weighted by Crippen LogP contribution is -2.38. The number of nitrogens with zero attached hydrogens (tertiary/aromatic N) is 4. The molecule has 1 amide bonds. The molecule has 2 aromatic heterocycles. The predicted molar refractivity (Wildman–Crippen MR) is 192 cm³/mol. The Morgan fingerprint density at radius 3 is 2.16 bits per heavy atom. The third-order valence-electron chi connectivity index (χ3n) is 8.66. The highest BCUT2D eigenvalue weighted by atomic mass is 32.2. The van der Waals surface area contributed by atoms with Crippen molar-refractivity contribution >= 4 is 37.9 Å². The van der Waals surface area contributed by atoms with Gasteiger partial charge in [0.1, 0.15) is 5.60 Å². The molecule has 0 unspecified atom stereocenters. The van der Waals surface area contributed by atoms with E-state index in [0.717, 1.165) is 16.7 Å². The summed E-state index contributed by atoms with van der Waals surface area (Å²) in [5, 5.41) is 3.47. The average molecular weight is 717 g/mol. The molecule has 0 spiro atoms. The molecule has 0 N–H and O–H groups in total. The number of rotatable bonds is 11. The zero-order chi connectivity index (χ0) is 36.5. The molecule has 0 atom stereocenters. The standard InChI is InChI=1S/C39H39F3N4O4S/c1-26-11-8-9-14-30(26)36-35(41)33-31(19-20-32-34(33)37(42)43-46(32)51(48,49)29-12-6-5-7-13-29)45(36)25-28-17-15-27(16-18-28)21-24-44(23-10-22-40)38(47)50-39(2,3)4/h5-9,11-20H,10,21-25H2,1-4H3. The lowest BCUT2D eigenvalue weighted by Gasteiger charge is -2.27. The van der Waals surface area contributed by atoms with Crippen molar-refractivity contribution in [1.82, 2.24) is 18.7 Å². The number of halogens is 3. The maximum Gasteiger partial charge on any atom is 0.410 e. The Labute approximate surface area is 295 Å². The Morgan fingerprint density at radius 1 is 0.843 bits per heavy atom. The van der Waals surface area contributed by atoms with Gasteiger partial charge in [-0.3, -0.25) is 4.39 Å². The van der Waals surface area contributed by atoms with Crippen LogP contribution in [-0.2, 0) is 27.7 Å². The van der Waals surface area contributed by atoms with Crippen molar-refractivity contribution < 1.29 is 31.1 Å². The minimum Gasteiger partial charge on any atom is -0.444 e. The maximum absolute atomic E-state index is 16.9. The quantitative estimate of drug-likeness (QED) is 0.134. The van der Waals surface area contributed by atoms with Crippen molar-refractivity contribution in [2.45, 2.75) is 57.6 Å². The molecule has 6 aromatic rings. The van der Waals surface area contributed by atoms with Crippen LogP contribution in [0, 0.1) is 18.7 Å². The lowest BCUT2D eigenvalue weighted by molar-refractivity contribution is 0.0247. The van der Waals surface area contributed by atoms with Crippen molar-refractivity contribution in [2.24, 2.45) is 0 Å². The molecule has 266 valence electrons. The first kappa shape index (κ1) is 35.7. The fraction of sp³-hybridized carbons (Fsp3) is 0.282. The maximum atomic E-state index is 16.9. The SMILES string of the molecule is Cc1ccccc1-c1c(F)c2c3c(F)nn(S(=O)(=O)c4ccccc4)c3ccc2n1Cc1ccc(CCN(CCCF)C(=O)OC(C)(C)C)cc1. The number of hydrogen-bond acceptors (Lipinski definition) is 5. The van der Waals surface area contributed by atoms with Gasteiger partial charge in [0.05, 0.1) is 39.1 Å². The first-order chi connectivity index (χ1) is 24.3. The zero-order valence-corrected chi connectivity index (χ0v) is 29.7. The van der Waals surface area contributed by atoms with Gasteiger partial charge in [-0.25, -0.2) is 9.18 Å². The van der Waals surface area contributed by atoms with Gasteiger partial charge >= 0.3 is 6.09 Å². The van der Waals surface area contributed by atoms with Gasteiger partial charge in [-0.05, 0) is 81.5 Å². The molecule has 0 fully saturated rings. The van der Waals surface area contributed by atoms with Crippen LogP contribution in [0.2, 0.25) is 0 Å². The second kappa shape index (κ2) is 14.3. The van der Waals surface area contributed by atoms with Crippen LogP contribution in [-0.4, -0.2) is 58.5 Å². The summed E-state index contributed by atoms with van der Waals surface area (Å²) in [6, 6.07) is 25.6. The van der Waals surface area contributed by atoms with Gasteiger partial charge in [-0.2, -0.15) is 16.9 Å². The molecule has 0 aliphatic carbocycles. The minimum atomic E-state index is -4.28. The van der Waals surface area contributed by atoms with E-state index in [-0.39, 0.29) is 46.4 Å². The van der Waals surface area contributed by atoms with E-state index in [9.17, 15) is 17.6 Å². The largest absolute Gasteiger partial charge is 0.444 e. The normalized spacial score (nSPS) is 12.1. The zero-order valence-electron chi connectivity index (χ0n) is 28.9. The van der Waals surface area contributed by atoms with E-state index in [2.05, 4.69) is 5.10 Å². The Balaban J connectivity index is 1.38. The van der Waals surface area contributed by atoms with Crippen molar-refractivity contribution in [3.8, 4) is 11.3 Å². The molecular weight excluding hydrogens is 678 g/mol. The van der Waals surface area contributed by atoms with Gasteiger partial charge in [-0.1, -0.05) is 66.7 Å². The number of carbonyl (C=O) groups excluding carboxylic acids is 1. The summed E-state index contributed by atoms with van der Waals surface area (Å²) in [4.78, 5) is 14.2. The van der Waals surface area contributed by atoms with E-state index in [1.165, 1.54) is 23.1 Å². The van der Waals surface area contributed by atoms with Gasteiger partial charge in [0.25, 0.3) is 10.0 Å². The van der Waals surface area contributed by atoms with Crippen molar-refractivity contribution in [3.05, 3.63) is 119 Å².